The molecule has 0 atom stereocenters. The number of hydrogen-bond donors (Lipinski definition) is 1. The van der Waals surface area contributed by atoms with Crippen LogP contribution in [0.25, 0.3) is 0 Å². The fourth-order valence-corrected chi connectivity index (χ4v) is 4.61. The molecule has 0 amide bonds. The Morgan fingerprint density at radius 1 is 1.19 bits per heavy atom. The molecule has 1 N–H and O–H groups in total. The van der Waals surface area contributed by atoms with Crippen molar-refractivity contribution < 1.29 is 13.2 Å². The van der Waals surface area contributed by atoms with Crippen molar-refractivity contribution >= 4 is 5.96 Å². The highest BCUT2D eigenvalue weighted by molar-refractivity contribution is 5.80. The lowest BCUT2D eigenvalue weighted by molar-refractivity contribution is -0.141. The number of nitrogens with zero attached hydrogens (tertiary/aromatic N) is 4. The molecule has 5 nitrogen and oxygen atoms in total. The maximum Gasteiger partial charge on any atom is 0.406 e. The molecule has 0 radical (unpaired) electrons. The maximum atomic E-state index is 12.7. The van der Waals surface area contributed by atoms with Gasteiger partial charge in [-0.15, -0.1) is 0 Å². The first-order chi connectivity index (χ1) is 12.9. The highest BCUT2D eigenvalue weighted by atomic mass is 19.4. The summed E-state index contributed by atoms with van der Waals surface area (Å²) in [4.78, 5) is 10.7. The van der Waals surface area contributed by atoms with Crippen molar-refractivity contribution in [2.75, 3.05) is 20.1 Å². The lowest BCUT2D eigenvalue weighted by Gasteiger charge is -2.44. The number of rotatable bonds is 3. The number of halogens is 3. The van der Waals surface area contributed by atoms with E-state index in [1.165, 1.54) is 57.3 Å². The van der Waals surface area contributed by atoms with Gasteiger partial charge in [0, 0.05) is 32.5 Å². The molecule has 1 aromatic rings. The van der Waals surface area contributed by atoms with E-state index in [9.17, 15) is 13.2 Å². The lowest BCUT2D eigenvalue weighted by Crippen LogP contribution is -2.50. The molecule has 1 spiro atoms. The normalized spacial score (nSPS) is 21.3. The molecule has 27 heavy (non-hydrogen) atoms. The highest BCUT2D eigenvalue weighted by Gasteiger charge is 2.36. The van der Waals surface area contributed by atoms with Crippen molar-refractivity contribution in [1.82, 2.24) is 19.8 Å². The Bertz CT molecular complexity index is 630. The molecular weight excluding hydrogens is 355 g/mol. The van der Waals surface area contributed by atoms with Crippen molar-refractivity contribution in [2.45, 2.75) is 70.6 Å². The van der Waals surface area contributed by atoms with Crippen molar-refractivity contribution in [2.24, 2.45) is 10.4 Å². The highest BCUT2D eigenvalue weighted by Crippen LogP contribution is 2.42. The van der Waals surface area contributed by atoms with E-state index >= 15 is 0 Å². The first kappa shape index (κ1) is 20.0. The molecule has 0 unspecified atom stereocenters. The summed E-state index contributed by atoms with van der Waals surface area (Å²) in [7, 11) is 1.74. The summed E-state index contributed by atoms with van der Waals surface area (Å²) in [6.07, 6.45) is 8.75. The zero-order chi connectivity index (χ0) is 19.3. The molecule has 1 saturated heterocycles. The van der Waals surface area contributed by atoms with Crippen LogP contribution in [0.1, 0.15) is 57.2 Å². The van der Waals surface area contributed by atoms with Crippen LogP contribution in [-0.2, 0) is 13.1 Å². The number of nitrogens with one attached hydrogen (secondary N) is 1. The van der Waals surface area contributed by atoms with Gasteiger partial charge in [0.15, 0.2) is 5.96 Å². The van der Waals surface area contributed by atoms with Crippen molar-refractivity contribution in [3.05, 3.63) is 18.2 Å². The predicted molar refractivity (Wildman–Crippen MR) is 99.4 cm³/mol. The molecule has 1 aromatic heterocycles. The zero-order valence-electron chi connectivity index (χ0n) is 16.1. The Kier molecular flexibility index (Phi) is 6.32. The van der Waals surface area contributed by atoms with E-state index in [0.29, 0.717) is 11.2 Å². The van der Waals surface area contributed by atoms with E-state index in [1.54, 1.807) is 7.05 Å². The van der Waals surface area contributed by atoms with E-state index < -0.39 is 12.7 Å². The second-order valence-corrected chi connectivity index (χ2v) is 7.93. The summed E-state index contributed by atoms with van der Waals surface area (Å²) < 4.78 is 39.2. The first-order valence-corrected chi connectivity index (χ1v) is 9.93. The van der Waals surface area contributed by atoms with Crippen molar-refractivity contribution in [1.29, 1.82) is 0 Å². The average molecular weight is 385 g/mol. The maximum absolute atomic E-state index is 12.7. The second kappa shape index (κ2) is 8.52. The smallest absolute Gasteiger partial charge is 0.349 e. The van der Waals surface area contributed by atoms with E-state index in [0.717, 1.165) is 30.0 Å². The van der Waals surface area contributed by atoms with E-state index in [-0.39, 0.29) is 6.54 Å². The fourth-order valence-electron chi connectivity index (χ4n) is 4.61. The number of hydrogen-bond acceptors (Lipinski definition) is 2. The molecule has 152 valence electrons. The summed E-state index contributed by atoms with van der Waals surface area (Å²) in [6.45, 7) is 1.15. The van der Waals surface area contributed by atoms with Gasteiger partial charge in [-0.25, -0.2) is 4.98 Å². The van der Waals surface area contributed by atoms with Gasteiger partial charge in [0.1, 0.15) is 12.4 Å². The van der Waals surface area contributed by atoms with E-state index in [2.05, 4.69) is 20.2 Å². The van der Waals surface area contributed by atoms with Gasteiger partial charge >= 0.3 is 6.18 Å². The molecule has 0 aromatic carbocycles. The molecular formula is C19H30F3N5. The molecule has 2 aliphatic rings. The molecule has 8 heteroatoms. The third-order valence-electron chi connectivity index (χ3n) is 5.89. The number of aromatic nitrogens is 2. The topological polar surface area (TPSA) is 45.5 Å². The minimum absolute atomic E-state index is 0.235. The summed E-state index contributed by atoms with van der Waals surface area (Å²) >= 11 is 0. The van der Waals surface area contributed by atoms with Crippen molar-refractivity contribution in [3.63, 3.8) is 0 Å². The van der Waals surface area contributed by atoms with E-state index in [4.69, 9.17) is 0 Å². The van der Waals surface area contributed by atoms with Gasteiger partial charge in [-0.05, 0) is 31.1 Å². The van der Waals surface area contributed by atoms with Crippen LogP contribution in [0.4, 0.5) is 13.2 Å². The largest absolute Gasteiger partial charge is 0.406 e. The first-order valence-electron chi connectivity index (χ1n) is 9.93. The Morgan fingerprint density at radius 2 is 1.89 bits per heavy atom. The molecule has 3 rings (SSSR count). The monoisotopic (exact) mass is 385 g/mol. The number of piperidine rings is 1. The van der Waals surface area contributed by atoms with Gasteiger partial charge in [-0.2, -0.15) is 13.2 Å². The Morgan fingerprint density at radius 3 is 2.56 bits per heavy atom. The lowest BCUT2D eigenvalue weighted by atomic mass is 9.74. The van der Waals surface area contributed by atoms with Gasteiger partial charge < -0.3 is 14.8 Å². The molecule has 0 bridgehead atoms. The summed E-state index contributed by atoms with van der Waals surface area (Å²) in [5.74, 6) is 1.13. The standard InChI is InChI=1S/C19H30F3N5/c1-23-17(25-13-16-24-10-12-26(16)15-19(20,21)22)27-11-6-9-18(14-27)7-4-2-3-5-8-18/h10,12H,2-9,11,13-15H2,1H3,(H,23,25). The quantitative estimate of drug-likeness (QED) is 0.633. The third kappa shape index (κ3) is 5.39. The zero-order valence-corrected chi connectivity index (χ0v) is 16.1. The average Bonchev–Trinajstić information content (AvgIpc) is 2.91. The molecule has 1 saturated carbocycles. The number of alkyl halides is 3. The minimum Gasteiger partial charge on any atom is -0.349 e. The molecule has 2 fully saturated rings. The predicted octanol–water partition coefficient (Wildman–Crippen LogP) is 3.96. The van der Waals surface area contributed by atoms with Crippen LogP contribution in [0.3, 0.4) is 0 Å². The molecule has 2 heterocycles. The summed E-state index contributed by atoms with van der Waals surface area (Å²) in [6, 6.07) is 0. The van der Waals surface area contributed by atoms with Gasteiger partial charge in [0.25, 0.3) is 0 Å². The van der Waals surface area contributed by atoms with Crippen LogP contribution in [0.15, 0.2) is 17.4 Å². The third-order valence-corrected chi connectivity index (χ3v) is 5.89. The molecule has 1 aliphatic heterocycles. The minimum atomic E-state index is -4.25. The van der Waals surface area contributed by atoms with Crippen LogP contribution in [-0.4, -0.2) is 46.7 Å². The molecule has 1 aliphatic carbocycles. The van der Waals surface area contributed by atoms with Crippen LogP contribution >= 0.6 is 0 Å². The van der Waals surface area contributed by atoms with Gasteiger partial charge in [-0.3, -0.25) is 4.99 Å². The van der Waals surface area contributed by atoms with Gasteiger partial charge in [0.2, 0.25) is 0 Å². The van der Waals surface area contributed by atoms with Crippen LogP contribution in [0, 0.1) is 5.41 Å². The number of guanidine groups is 1. The number of imidazole rings is 1. The van der Waals surface area contributed by atoms with Gasteiger partial charge in [0.05, 0.1) is 6.54 Å². The van der Waals surface area contributed by atoms with Crippen LogP contribution < -0.4 is 5.32 Å². The SMILES string of the molecule is CN=C(NCc1nccn1CC(F)(F)F)N1CCCC2(CCCCCC2)C1. The summed E-state index contributed by atoms with van der Waals surface area (Å²) in [5.41, 5.74) is 0.376. The fraction of sp³-hybridized carbons (Fsp3) is 0.789. The Labute approximate surface area is 159 Å². The number of likely N-dealkylation sites (tertiary alicyclic amines) is 1. The number of aliphatic imine (C=N–C) groups is 1. The Balaban J connectivity index is 1.62. The van der Waals surface area contributed by atoms with Gasteiger partial charge in [-0.1, -0.05) is 25.7 Å². The summed E-state index contributed by atoms with van der Waals surface area (Å²) in [5, 5.41) is 3.23. The Hall–Kier alpha value is -1.73. The van der Waals surface area contributed by atoms with E-state index in [1.807, 2.05) is 0 Å². The van der Waals surface area contributed by atoms with Crippen LogP contribution in [0.5, 0.6) is 0 Å². The van der Waals surface area contributed by atoms with Crippen molar-refractivity contribution in [3.8, 4) is 0 Å². The van der Waals surface area contributed by atoms with Crippen LogP contribution in [0.2, 0.25) is 0 Å². The second-order valence-electron chi connectivity index (χ2n) is 7.93.